The molecule has 1 aliphatic heterocycles. The predicted molar refractivity (Wildman–Crippen MR) is 86.0 cm³/mol. The Morgan fingerprint density at radius 2 is 2.35 bits per heavy atom. The third-order valence-corrected chi connectivity index (χ3v) is 4.84. The number of carbonyl (C=O) groups is 1. The standard InChI is InChI=1S/C15H16N6OS/c22-15(11-8-10(17-18-11)12-4-3-7-23-12)16-9-14-20-19-13-5-1-2-6-21(13)14/h3-4,7-8H,1-2,5-6,9H2,(H,16,22)(H,17,18). The number of aryl methyl sites for hydroxylation is 1. The second-order valence-corrected chi connectivity index (χ2v) is 6.42. The van der Waals surface area contributed by atoms with Crippen molar-refractivity contribution in [3.05, 3.63) is 40.9 Å². The lowest BCUT2D eigenvalue weighted by Gasteiger charge is -2.14. The second kappa shape index (κ2) is 5.96. The van der Waals surface area contributed by atoms with Crippen LogP contribution in [0, 0.1) is 0 Å². The number of amides is 1. The van der Waals surface area contributed by atoms with Gasteiger partial charge in [0.25, 0.3) is 5.91 Å². The molecule has 0 unspecified atom stereocenters. The molecule has 0 radical (unpaired) electrons. The molecule has 4 rings (SSSR count). The molecule has 0 atom stereocenters. The zero-order valence-corrected chi connectivity index (χ0v) is 13.3. The lowest BCUT2D eigenvalue weighted by atomic mass is 10.2. The van der Waals surface area contributed by atoms with Crippen LogP contribution >= 0.6 is 11.3 Å². The van der Waals surface area contributed by atoms with E-state index in [1.807, 2.05) is 17.5 Å². The number of hydrogen-bond donors (Lipinski definition) is 2. The highest BCUT2D eigenvalue weighted by atomic mass is 32.1. The fourth-order valence-electron chi connectivity index (χ4n) is 2.75. The number of carbonyl (C=O) groups excluding carboxylic acids is 1. The van der Waals surface area contributed by atoms with Crippen LogP contribution in [0.25, 0.3) is 10.6 Å². The summed E-state index contributed by atoms with van der Waals surface area (Å²) in [5, 5.41) is 20.2. The SMILES string of the molecule is O=C(NCc1nnc2n1CCCC2)c1cc(-c2cccs2)[nH]n1. The van der Waals surface area contributed by atoms with E-state index >= 15 is 0 Å². The third-order valence-electron chi connectivity index (χ3n) is 3.94. The summed E-state index contributed by atoms with van der Waals surface area (Å²) in [6, 6.07) is 5.72. The van der Waals surface area contributed by atoms with E-state index in [1.54, 1.807) is 17.4 Å². The van der Waals surface area contributed by atoms with Crippen molar-refractivity contribution in [1.29, 1.82) is 0 Å². The Hall–Kier alpha value is -2.48. The number of thiophene rings is 1. The summed E-state index contributed by atoms with van der Waals surface area (Å²) < 4.78 is 2.10. The quantitative estimate of drug-likeness (QED) is 0.766. The van der Waals surface area contributed by atoms with E-state index in [2.05, 4.69) is 30.3 Å². The first-order valence-electron chi connectivity index (χ1n) is 7.60. The van der Waals surface area contributed by atoms with Crippen LogP contribution in [0.2, 0.25) is 0 Å². The van der Waals surface area contributed by atoms with Crippen LogP contribution in [0.1, 0.15) is 35.0 Å². The average molecular weight is 328 g/mol. The van der Waals surface area contributed by atoms with Gasteiger partial charge in [-0.15, -0.1) is 21.5 Å². The topological polar surface area (TPSA) is 88.5 Å². The van der Waals surface area contributed by atoms with Gasteiger partial charge in [0, 0.05) is 13.0 Å². The molecule has 1 aliphatic rings. The summed E-state index contributed by atoms with van der Waals surface area (Å²) in [5.41, 5.74) is 1.23. The molecular weight excluding hydrogens is 312 g/mol. The monoisotopic (exact) mass is 328 g/mol. The van der Waals surface area contributed by atoms with E-state index in [-0.39, 0.29) is 5.91 Å². The van der Waals surface area contributed by atoms with Crippen molar-refractivity contribution in [2.75, 3.05) is 0 Å². The van der Waals surface area contributed by atoms with Crippen molar-refractivity contribution >= 4 is 17.2 Å². The van der Waals surface area contributed by atoms with Crippen LogP contribution in [0.15, 0.2) is 23.6 Å². The highest BCUT2D eigenvalue weighted by molar-refractivity contribution is 7.13. The summed E-state index contributed by atoms with van der Waals surface area (Å²) in [7, 11) is 0. The van der Waals surface area contributed by atoms with Gasteiger partial charge < -0.3 is 9.88 Å². The normalized spacial score (nSPS) is 13.7. The molecule has 0 bridgehead atoms. The number of aromatic nitrogens is 5. The molecule has 3 aromatic heterocycles. The number of H-pyrrole nitrogens is 1. The molecule has 3 aromatic rings. The van der Waals surface area contributed by atoms with Crippen molar-refractivity contribution in [2.45, 2.75) is 32.4 Å². The molecule has 2 N–H and O–H groups in total. The minimum absolute atomic E-state index is 0.211. The summed E-state index contributed by atoms with van der Waals surface area (Å²) in [6.07, 6.45) is 3.25. The Morgan fingerprint density at radius 1 is 1.39 bits per heavy atom. The minimum atomic E-state index is -0.211. The Bertz CT molecular complexity index is 819. The van der Waals surface area contributed by atoms with E-state index < -0.39 is 0 Å². The second-order valence-electron chi connectivity index (χ2n) is 5.47. The van der Waals surface area contributed by atoms with Gasteiger partial charge in [-0.1, -0.05) is 6.07 Å². The minimum Gasteiger partial charge on any atom is -0.343 e. The zero-order chi connectivity index (χ0) is 15.6. The number of hydrogen-bond acceptors (Lipinski definition) is 5. The molecule has 7 nitrogen and oxygen atoms in total. The van der Waals surface area contributed by atoms with Gasteiger partial charge in [0.2, 0.25) is 0 Å². The van der Waals surface area contributed by atoms with E-state index in [1.165, 1.54) is 0 Å². The van der Waals surface area contributed by atoms with E-state index in [4.69, 9.17) is 0 Å². The van der Waals surface area contributed by atoms with Gasteiger partial charge in [0.15, 0.2) is 11.5 Å². The number of fused-ring (bicyclic) bond motifs is 1. The number of aromatic amines is 1. The summed E-state index contributed by atoms with van der Waals surface area (Å²) in [5.74, 6) is 1.61. The van der Waals surface area contributed by atoms with E-state index in [9.17, 15) is 4.79 Å². The first-order chi connectivity index (χ1) is 11.3. The molecular formula is C15H16N6OS. The molecule has 4 heterocycles. The average Bonchev–Trinajstić information content (AvgIpc) is 3.31. The first kappa shape index (κ1) is 14.1. The van der Waals surface area contributed by atoms with Crippen molar-refractivity contribution in [2.24, 2.45) is 0 Å². The van der Waals surface area contributed by atoms with Gasteiger partial charge in [0.05, 0.1) is 17.1 Å². The van der Waals surface area contributed by atoms with Crippen molar-refractivity contribution in [3.8, 4) is 10.6 Å². The highest BCUT2D eigenvalue weighted by Crippen LogP contribution is 2.22. The molecule has 0 spiro atoms. The Labute approximate surface area is 136 Å². The van der Waals surface area contributed by atoms with Crippen LogP contribution in [-0.2, 0) is 19.5 Å². The molecule has 23 heavy (non-hydrogen) atoms. The van der Waals surface area contributed by atoms with Gasteiger partial charge in [0.1, 0.15) is 5.82 Å². The molecule has 0 fully saturated rings. The molecule has 8 heteroatoms. The van der Waals surface area contributed by atoms with Crippen molar-refractivity contribution < 1.29 is 4.79 Å². The van der Waals surface area contributed by atoms with Crippen LogP contribution in [-0.4, -0.2) is 30.9 Å². The van der Waals surface area contributed by atoms with Crippen LogP contribution in [0.5, 0.6) is 0 Å². The fraction of sp³-hybridized carbons (Fsp3) is 0.333. The lowest BCUT2D eigenvalue weighted by Crippen LogP contribution is -2.26. The first-order valence-corrected chi connectivity index (χ1v) is 8.47. The van der Waals surface area contributed by atoms with Crippen LogP contribution < -0.4 is 5.32 Å². The van der Waals surface area contributed by atoms with Gasteiger partial charge in [-0.05, 0) is 30.4 Å². The number of rotatable bonds is 4. The molecule has 118 valence electrons. The van der Waals surface area contributed by atoms with Crippen molar-refractivity contribution in [3.63, 3.8) is 0 Å². The predicted octanol–water partition coefficient (Wildman–Crippen LogP) is 2.00. The largest absolute Gasteiger partial charge is 0.343 e. The Kier molecular flexibility index (Phi) is 3.66. The molecule has 0 saturated heterocycles. The van der Waals surface area contributed by atoms with Gasteiger partial charge in [-0.2, -0.15) is 5.10 Å². The maximum atomic E-state index is 12.2. The van der Waals surface area contributed by atoms with Gasteiger partial charge in [-0.25, -0.2) is 0 Å². The molecule has 0 aromatic carbocycles. The van der Waals surface area contributed by atoms with Crippen LogP contribution in [0.3, 0.4) is 0 Å². The zero-order valence-electron chi connectivity index (χ0n) is 12.5. The van der Waals surface area contributed by atoms with Crippen LogP contribution in [0.4, 0.5) is 0 Å². The molecule has 0 saturated carbocycles. The Balaban J connectivity index is 1.43. The van der Waals surface area contributed by atoms with Gasteiger partial charge in [-0.3, -0.25) is 9.89 Å². The number of nitrogens with zero attached hydrogens (tertiary/aromatic N) is 4. The van der Waals surface area contributed by atoms with Gasteiger partial charge >= 0.3 is 0 Å². The smallest absolute Gasteiger partial charge is 0.272 e. The third kappa shape index (κ3) is 2.77. The van der Waals surface area contributed by atoms with E-state index in [0.717, 1.165) is 48.0 Å². The molecule has 1 amide bonds. The van der Waals surface area contributed by atoms with E-state index in [0.29, 0.717) is 12.2 Å². The lowest BCUT2D eigenvalue weighted by molar-refractivity contribution is 0.0944. The fourth-order valence-corrected chi connectivity index (χ4v) is 3.44. The molecule has 0 aliphatic carbocycles. The number of nitrogens with one attached hydrogen (secondary N) is 2. The summed E-state index contributed by atoms with van der Waals surface area (Å²) in [6.45, 7) is 1.30. The maximum Gasteiger partial charge on any atom is 0.272 e. The van der Waals surface area contributed by atoms with Crippen molar-refractivity contribution in [1.82, 2.24) is 30.3 Å². The summed E-state index contributed by atoms with van der Waals surface area (Å²) in [4.78, 5) is 13.3. The summed E-state index contributed by atoms with van der Waals surface area (Å²) >= 11 is 1.60. The highest BCUT2D eigenvalue weighted by Gasteiger charge is 2.17. The Morgan fingerprint density at radius 3 is 3.22 bits per heavy atom. The maximum absolute atomic E-state index is 12.2.